The second kappa shape index (κ2) is 10.6. The Bertz CT molecular complexity index is 2800. The second-order valence-electron chi connectivity index (χ2n) is 12.2. The lowest BCUT2D eigenvalue weighted by Gasteiger charge is -2.28. The van der Waals surface area contributed by atoms with Gasteiger partial charge in [-0.3, -0.25) is 4.55 Å². The Morgan fingerprint density at radius 1 is 0.531 bits per heavy atom. The first-order valence-electron chi connectivity index (χ1n) is 16.0. The number of benzene rings is 4. The summed E-state index contributed by atoms with van der Waals surface area (Å²) in [6.07, 6.45) is 0.374. The van der Waals surface area contributed by atoms with Crippen molar-refractivity contribution in [3.63, 3.8) is 0 Å². The number of H-pyrrole nitrogens is 2. The molecule has 12 heteroatoms. The summed E-state index contributed by atoms with van der Waals surface area (Å²) in [7, 11) is -4.46. The number of rotatable bonds is 4. The Morgan fingerprint density at radius 2 is 0.898 bits per heavy atom. The Balaban J connectivity index is 1.46. The molecule has 49 heavy (non-hydrogen) atoms. The van der Waals surface area contributed by atoms with Gasteiger partial charge < -0.3 is 9.97 Å². The number of hydrogen-bond donors (Lipinski definition) is 3. The maximum Gasteiger partial charge on any atom is 0.274 e. The van der Waals surface area contributed by atoms with Crippen molar-refractivity contribution >= 4 is 54.3 Å². The first kappa shape index (κ1) is 29.3. The third kappa shape index (κ3) is 4.34. The zero-order valence-corrected chi connectivity index (χ0v) is 27.2. The fourth-order valence-electron chi connectivity index (χ4n) is 7.10. The molecule has 4 aromatic carbocycles. The molecule has 0 aliphatic carbocycles. The van der Waals surface area contributed by atoms with Crippen LogP contribution in [0.3, 0.4) is 0 Å². The van der Waals surface area contributed by atoms with Crippen LogP contribution in [-0.4, -0.2) is 52.8 Å². The molecule has 9 rings (SSSR count). The van der Waals surface area contributed by atoms with E-state index < -0.39 is 14.9 Å². The quantitative estimate of drug-likeness (QED) is 0.159. The highest BCUT2D eigenvalue weighted by atomic mass is 32.2. The van der Waals surface area contributed by atoms with Crippen LogP contribution in [0.1, 0.15) is 32.3 Å². The molecule has 0 spiro atoms. The lowest BCUT2D eigenvalue weighted by Crippen LogP contribution is -2.34. The summed E-state index contributed by atoms with van der Waals surface area (Å²) in [6, 6.07) is 28.8. The van der Waals surface area contributed by atoms with Gasteiger partial charge in [0, 0.05) is 43.8 Å². The largest absolute Gasteiger partial charge is 0.324 e. The fourth-order valence-corrected chi connectivity index (χ4v) is 8.25. The van der Waals surface area contributed by atoms with Crippen LogP contribution in [0.4, 0.5) is 0 Å². The zero-order valence-electron chi connectivity index (χ0n) is 26.4. The van der Waals surface area contributed by atoms with Crippen molar-refractivity contribution < 1.29 is 13.0 Å². The second-order valence-corrected chi connectivity index (χ2v) is 13.9. The van der Waals surface area contributed by atoms with Crippen LogP contribution in [0.2, 0.25) is 0 Å². The third-order valence-electron chi connectivity index (χ3n) is 9.71. The molecule has 2 aliphatic rings. The van der Waals surface area contributed by atoms with E-state index in [0.29, 0.717) is 62.2 Å². The van der Waals surface area contributed by atoms with Gasteiger partial charge in [0.2, 0.25) is 0 Å². The fraction of sp³-hybridized carbons (Fsp3) is 0.135. The molecule has 0 radical (unpaired) electrons. The first-order valence-corrected chi connectivity index (χ1v) is 17.4. The minimum atomic E-state index is -4.46. The van der Waals surface area contributed by atoms with Gasteiger partial charge in [0.1, 0.15) is 27.3 Å². The maximum absolute atomic E-state index is 12.8. The Morgan fingerprint density at radius 3 is 1.29 bits per heavy atom. The van der Waals surface area contributed by atoms with Crippen LogP contribution < -0.4 is 0 Å². The van der Waals surface area contributed by atoms with Crippen molar-refractivity contribution in [2.24, 2.45) is 0 Å². The molecule has 2 aliphatic heterocycles. The Labute approximate surface area is 280 Å². The van der Waals surface area contributed by atoms with E-state index in [0.717, 1.165) is 33.0 Å². The SMILES string of the molecule is CCC(CC)(c1ccc2c3nc4nc(nc5[nH]c(nc6nc(nc([nH]3)c2c1)-c1ccccc1-6)c1ccccc51)-c1ccccc1-4)S(=O)(=O)O. The van der Waals surface area contributed by atoms with E-state index in [4.69, 9.17) is 29.9 Å². The van der Waals surface area contributed by atoms with E-state index in [1.807, 2.05) is 78.9 Å². The van der Waals surface area contributed by atoms with E-state index in [9.17, 15) is 13.0 Å². The summed E-state index contributed by atoms with van der Waals surface area (Å²) >= 11 is 0. The average molecular weight is 665 g/mol. The van der Waals surface area contributed by atoms with Gasteiger partial charge in [0.05, 0.1) is 0 Å². The number of nitrogens with one attached hydrogen (secondary N) is 2. The van der Waals surface area contributed by atoms with Crippen molar-refractivity contribution in [3.8, 4) is 45.6 Å². The highest BCUT2D eigenvalue weighted by Gasteiger charge is 2.41. The van der Waals surface area contributed by atoms with E-state index in [2.05, 4.69) is 9.97 Å². The van der Waals surface area contributed by atoms with Gasteiger partial charge >= 0.3 is 0 Å². The molecule has 0 unspecified atom stereocenters. The van der Waals surface area contributed by atoms with Crippen LogP contribution in [0.5, 0.6) is 0 Å². The number of fused-ring (bicyclic) bond motifs is 20. The highest BCUT2D eigenvalue weighted by Crippen LogP contribution is 2.40. The van der Waals surface area contributed by atoms with Gasteiger partial charge in [0.25, 0.3) is 10.1 Å². The van der Waals surface area contributed by atoms with Crippen molar-refractivity contribution in [3.05, 3.63) is 96.6 Å². The van der Waals surface area contributed by atoms with Crippen LogP contribution >= 0.6 is 0 Å². The Kier molecular flexibility index (Phi) is 6.32. The van der Waals surface area contributed by atoms with E-state index >= 15 is 0 Å². The molecule has 7 aromatic rings. The number of nitrogens with zero attached hydrogens (tertiary/aromatic N) is 6. The van der Waals surface area contributed by atoms with Crippen molar-refractivity contribution in [2.75, 3.05) is 0 Å². The normalized spacial score (nSPS) is 12.7. The molecule has 8 bridgehead atoms. The lowest BCUT2D eigenvalue weighted by atomic mass is 9.91. The lowest BCUT2D eigenvalue weighted by molar-refractivity contribution is 0.411. The average Bonchev–Trinajstić information content (AvgIpc) is 3.84. The molecule has 0 saturated carbocycles. The van der Waals surface area contributed by atoms with Crippen molar-refractivity contribution in [1.82, 2.24) is 39.9 Å². The predicted molar refractivity (Wildman–Crippen MR) is 190 cm³/mol. The van der Waals surface area contributed by atoms with Crippen LogP contribution in [0.15, 0.2) is 91.0 Å². The van der Waals surface area contributed by atoms with Crippen LogP contribution in [0.25, 0.3) is 89.7 Å². The molecule has 0 atom stereocenters. The van der Waals surface area contributed by atoms with Crippen molar-refractivity contribution in [2.45, 2.75) is 31.4 Å². The summed E-state index contributed by atoms with van der Waals surface area (Å²) in [5.41, 5.74) is 5.88. The summed E-state index contributed by atoms with van der Waals surface area (Å²) in [6.45, 7) is 3.51. The van der Waals surface area contributed by atoms with Gasteiger partial charge in [-0.25, -0.2) is 29.9 Å². The molecule has 3 aromatic heterocycles. The molecule has 0 amide bonds. The first-order chi connectivity index (χ1) is 23.8. The van der Waals surface area contributed by atoms with Gasteiger partial charge in [-0.2, -0.15) is 8.42 Å². The topological polar surface area (TPSA) is 163 Å². The van der Waals surface area contributed by atoms with Crippen molar-refractivity contribution in [1.29, 1.82) is 0 Å². The van der Waals surface area contributed by atoms with Gasteiger partial charge in [0.15, 0.2) is 23.3 Å². The van der Waals surface area contributed by atoms with Gasteiger partial charge in [-0.1, -0.05) is 98.8 Å². The highest BCUT2D eigenvalue weighted by molar-refractivity contribution is 7.86. The Hall–Kier alpha value is -5.85. The molecular formula is C37H28N8O3S. The molecule has 11 nitrogen and oxygen atoms in total. The number of aromatic nitrogens is 8. The van der Waals surface area contributed by atoms with E-state index in [1.54, 1.807) is 26.0 Å². The molecule has 5 heterocycles. The minimum absolute atomic E-state index is 0.187. The molecular weight excluding hydrogens is 637 g/mol. The summed E-state index contributed by atoms with van der Waals surface area (Å²) in [5.74, 6) is 1.90. The zero-order chi connectivity index (χ0) is 33.5. The van der Waals surface area contributed by atoms with E-state index in [1.165, 1.54) is 0 Å². The summed E-state index contributed by atoms with van der Waals surface area (Å²) in [5, 5.41) is 3.11. The molecule has 240 valence electrons. The number of hydrogen-bond acceptors (Lipinski definition) is 8. The smallest absolute Gasteiger partial charge is 0.274 e. The number of aromatic amines is 2. The molecule has 3 N–H and O–H groups in total. The molecule has 0 fully saturated rings. The van der Waals surface area contributed by atoms with Crippen LogP contribution in [-0.2, 0) is 14.9 Å². The van der Waals surface area contributed by atoms with Crippen LogP contribution in [0, 0.1) is 0 Å². The summed E-state index contributed by atoms with van der Waals surface area (Å²) < 4.78 is 34.6. The minimum Gasteiger partial charge on any atom is -0.324 e. The van der Waals surface area contributed by atoms with E-state index in [-0.39, 0.29) is 12.8 Å². The van der Waals surface area contributed by atoms with Gasteiger partial charge in [-0.15, -0.1) is 0 Å². The summed E-state index contributed by atoms with van der Waals surface area (Å²) in [4.78, 5) is 36.7. The maximum atomic E-state index is 12.8. The van der Waals surface area contributed by atoms with Gasteiger partial charge in [-0.05, 0) is 24.5 Å². The molecule has 0 saturated heterocycles. The predicted octanol–water partition coefficient (Wildman–Crippen LogP) is 7.77. The standard InChI is InChI=1S/C37H28N8O3S/c1-3-37(4-2,49(46,47)48)20-17-18-27-28(19-20)36-44-34-26-16-10-9-15-25(26)32(42-34)40-30-22-12-6-5-11-21(22)29(38-30)39-31-23-13-7-8-14-24(23)33(41-31)43-35(27)45-36/h5-19H,3-4H2,1-2H3,(H,46,47,48)(H2,38,39,40,41,42,43,44,45). The monoisotopic (exact) mass is 664 g/mol. The third-order valence-corrected chi connectivity index (χ3v) is 11.5.